The van der Waals surface area contributed by atoms with Crippen molar-refractivity contribution in [2.75, 3.05) is 6.61 Å². The van der Waals surface area contributed by atoms with Gasteiger partial charge in [-0.1, -0.05) is 219 Å². The van der Waals surface area contributed by atoms with Crippen molar-refractivity contribution in [2.24, 2.45) is 0 Å². The van der Waals surface area contributed by atoms with Gasteiger partial charge in [-0.3, -0.25) is 4.79 Å². The van der Waals surface area contributed by atoms with E-state index in [9.17, 15) is 15.0 Å². The summed E-state index contributed by atoms with van der Waals surface area (Å²) in [6.07, 6.45) is 47.4. The molecule has 1 amide bonds. The Balaban J connectivity index is 3.53. The Hall–Kier alpha value is -0.870. The summed E-state index contributed by atoms with van der Waals surface area (Å²) in [7, 11) is 0. The van der Waals surface area contributed by atoms with Gasteiger partial charge < -0.3 is 15.5 Å². The van der Waals surface area contributed by atoms with Gasteiger partial charge in [-0.25, -0.2) is 0 Å². The van der Waals surface area contributed by atoms with Gasteiger partial charge in [0.1, 0.15) is 0 Å². The van der Waals surface area contributed by atoms with Crippen LogP contribution in [0.15, 0.2) is 12.2 Å². The number of aliphatic hydroxyl groups is 2. The zero-order valence-corrected chi connectivity index (χ0v) is 31.4. The van der Waals surface area contributed by atoms with E-state index in [1.807, 2.05) is 6.08 Å². The molecule has 0 saturated carbocycles. The largest absolute Gasteiger partial charge is 0.394 e. The van der Waals surface area contributed by atoms with Crippen LogP contribution in [-0.2, 0) is 4.79 Å². The molecule has 0 aromatic heterocycles. The minimum atomic E-state index is -0.832. The third kappa shape index (κ3) is 34.5. The Kier molecular flexibility index (Phi) is 37.8. The molecule has 4 heteroatoms. The van der Waals surface area contributed by atoms with E-state index in [-0.39, 0.29) is 12.5 Å². The highest BCUT2D eigenvalue weighted by Crippen LogP contribution is 2.16. The Morgan fingerprint density at radius 3 is 1.13 bits per heavy atom. The summed E-state index contributed by atoms with van der Waals surface area (Å²) in [4.78, 5) is 12.3. The Morgan fingerprint density at radius 2 is 0.804 bits per heavy atom. The molecule has 3 N–H and O–H groups in total. The maximum absolute atomic E-state index is 12.3. The van der Waals surface area contributed by atoms with Crippen molar-refractivity contribution in [3.63, 3.8) is 0 Å². The molecule has 0 aromatic carbocycles. The molecule has 0 spiro atoms. The molecule has 0 heterocycles. The first-order chi connectivity index (χ1) is 22.7. The van der Waals surface area contributed by atoms with Gasteiger partial charge in [-0.05, 0) is 19.3 Å². The quantitative estimate of drug-likeness (QED) is 0.0460. The van der Waals surface area contributed by atoms with Gasteiger partial charge in [0.05, 0.1) is 18.8 Å². The van der Waals surface area contributed by atoms with Crippen molar-refractivity contribution < 1.29 is 15.0 Å². The molecule has 0 aliphatic carbocycles. The van der Waals surface area contributed by atoms with E-state index in [1.165, 1.54) is 186 Å². The van der Waals surface area contributed by atoms with Gasteiger partial charge in [-0.2, -0.15) is 0 Å². The standard InChI is InChI=1S/C42H83NO3/c1-3-5-7-9-11-13-15-17-18-19-20-21-22-23-24-26-27-29-31-33-35-37-41(45)40(39-44)43-42(46)38-36-34-32-30-28-25-16-14-12-10-8-6-4-2/h35,37,40-41,44-45H,3-34,36,38-39H2,1-2H3,(H,43,46)/b37-35+/t40-,41+/m0/s1. The fraction of sp³-hybridized carbons (Fsp3) is 0.929. The second-order valence-corrected chi connectivity index (χ2v) is 14.4. The summed E-state index contributed by atoms with van der Waals surface area (Å²) in [5.41, 5.74) is 0. The second kappa shape index (κ2) is 38.6. The average Bonchev–Trinajstić information content (AvgIpc) is 3.06. The first kappa shape index (κ1) is 45.1. The molecule has 274 valence electrons. The van der Waals surface area contributed by atoms with E-state index >= 15 is 0 Å². The van der Waals surface area contributed by atoms with Crippen LogP contribution in [0.2, 0.25) is 0 Å². The van der Waals surface area contributed by atoms with Crippen LogP contribution in [-0.4, -0.2) is 34.9 Å². The lowest BCUT2D eigenvalue weighted by Gasteiger charge is -2.20. The van der Waals surface area contributed by atoms with Gasteiger partial charge in [0.15, 0.2) is 0 Å². The maximum Gasteiger partial charge on any atom is 0.220 e. The van der Waals surface area contributed by atoms with E-state index in [0.29, 0.717) is 6.42 Å². The van der Waals surface area contributed by atoms with Crippen molar-refractivity contribution in [3.05, 3.63) is 12.2 Å². The molecular weight excluding hydrogens is 566 g/mol. The van der Waals surface area contributed by atoms with Crippen LogP contribution < -0.4 is 5.32 Å². The van der Waals surface area contributed by atoms with Crippen LogP contribution in [0.4, 0.5) is 0 Å². The number of hydrogen-bond donors (Lipinski definition) is 3. The highest BCUT2D eigenvalue weighted by Gasteiger charge is 2.17. The Bertz CT molecular complexity index is 622. The fourth-order valence-electron chi connectivity index (χ4n) is 6.53. The van der Waals surface area contributed by atoms with Gasteiger partial charge in [0.2, 0.25) is 5.91 Å². The number of allylic oxidation sites excluding steroid dienone is 1. The van der Waals surface area contributed by atoms with Crippen LogP contribution in [0.3, 0.4) is 0 Å². The van der Waals surface area contributed by atoms with E-state index in [2.05, 4.69) is 19.2 Å². The summed E-state index contributed by atoms with van der Waals surface area (Å²) in [5, 5.41) is 23.0. The van der Waals surface area contributed by atoms with Crippen molar-refractivity contribution in [2.45, 2.75) is 244 Å². The summed E-state index contributed by atoms with van der Waals surface area (Å²) in [5.74, 6) is -0.0617. The van der Waals surface area contributed by atoms with Crippen LogP contribution in [0.1, 0.15) is 232 Å². The lowest BCUT2D eigenvalue weighted by molar-refractivity contribution is -0.123. The zero-order valence-electron chi connectivity index (χ0n) is 31.4. The number of nitrogens with one attached hydrogen (secondary N) is 1. The third-order valence-electron chi connectivity index (χ3n) is 9.77. The normalized spacial score (nSPS) is 13.0. The van der Waals surface area contributed by atoms with Crippen molar-refractivity contribution >= 4 is 5.91 Å². The number of rotatable bonds is 38. The number of carbonyl (C=O) groups is 1. The fourth-order valence-corrected chi connectivity index (χ4v) is 6.53. The predicted molar refractivity (Wildman–Crippen MR) is 202 cm³/mol. The van der Waals surface area contributed by atoms with Gasteiger partial charge in [-0.15, -0.1) is 0 Å². The number of hydrogen-bond acceptors (Lipinski definition) is 3. The third-order valence-corrected chi connectivity index (χ3v) is 9.77. The molecule has 0 saturated heterocycles. The van der Waals surface area contributed by atoms with Gasteiger partial charge >= 0.3 is 0 Å². The SMILES string of the molecule is CCCCCCCCCCCCCCCCCCCCC/C=C/[C@@H](O)[C@H](CO)NC(=O)CCCCCCCCCCCCCCC. The van der Waals surface area contributed by atoms with E-state index in [4.69, 9.17) is 0 Å². The molecular formula is C42H83NO3. The highest BCUT2D eigenvalue weighted by molar-refractivity contribution is 5.76. The topological polar surface area (TPSA) is 69.6 Å². The number of amides is 1. The zero-order chi connectivity index (χ0) is 33.6. The summed E-state index contributed by atoms with van der Waals surface area (Å²) >= 11 is 0. The minimum absolute atomic E-state index is 0.0617. The molecule has 4 nitrogen and oxygen atoms in total. The van der Waals surface area contributed by atoms with Crippen LogP contribution in [0, 0.1) is 0 Å². The summed E-state index contributed by atoms with van der Waals surface area (Å²) in [6, 6.07) is -0.615. The smallest absolute Gasteiger partial charge is 0.220 e. The number of unbranched alkanes of at least 4 members (excludes halogenated alkanes) is 31. The molecule has 46 heavy (non-hydrogen) atoms. The Labute approximate surface area is 288 Å². The van der Waals surface area contributed by atoms with Crippen LogP contribution in [0.5, 0.6) is 0 Å². The predicted octanol–water partition coefficient (Wildman–Crippen LogP) is 12.7. The molecule has 0 rings (SSSR count). The molecule has 0 aliphatic rings. The van der Waals surface area contributed by atoms with Gasteiger partial charge in [0.25, 0.3) is 0 Å². The molecule has 0 fully saturated rings. The van der Waals surface area contributed by atoms with E-state index < -0.39 is 12.1 Å². The average molecular weight is 650 g/mol. The van der Waals surface area contributed by atoms with Crippen molar-refractivity contribution in [3.8, 4) is 0 Å². The number of aliphatic hydroxyl groups excluding tert-OH is 2. The van der Waals surface area contributed by atoms with E-state index in [0.717, 1.165) is 25.7 Å². The molecule has 0 unspecified atom stereocenters. The Morgan fingerprint density at radius 1 is 0.500 bits per heavy atom. The number of carbonyl (C=O) groups excluding carboxylic acids is 1. The van der Waals surface area contributed by atoms with Crippen molar-refractivity contribution in [1.82, 2.24) is 5.32 Å². The first-order valence-corrected chi connectivity index (χ1v) is 20.9. The summed E-state index contributed by atoms with van der Waals surface area (Å²) < 4.78 is 0. The highest BCUT2D eigenvalue weighted by atomic mass is 16.3. The monoisotopic (exact) mass is 650 g/mol. The molecule has 0 aromatic rings. The van der Waals surface area contributed by atoms with E-state index in [1.54, 1.807) is 6.08 Å². The van der Waals surface area contributed by atoms with Crippen LogP contribution >= 0.6 is 0 Å². The molecule has 2 atom stereocenters. The summed E-state index contributed by atoms with van der Waals surface area (Å²) in [6.45, 7) is 4.32. The molecule has 0 aliphatic heterocycles. The molecule has 0 radical (unpaired) electrons. The minimum Gasteiger partial charge on any atom is -0.394 e. The second-order valence-electron chi connectivity index (χ2n) is 14.4. The van der Waals surface area contributed by atoms with Gasteiger partial charge in [0, 0.05) is 6.42 Å². The van der Waals surface area contributed by atoms with Crippen molar-refractivity contribution in [1.29, 1.82) is 0 Å². The lowest BCUT2D eigenvalue weighted by Crippen LogP contribution is -2.45. The first-order valence-electron chi connectivity index (χ1n) is 20.9. The lowest BCUT2D eigenvalue weighted by atomic mass is 10.0. The molecule has 0 bridgehead atoms. The maximum atomic E-state index is 12.3. The van der Waals surface area contributed by atoms with Crippen LogP contribution in [0.25, 0.3) is 0 Å².